The molecule has 0 saturated carbocycles. The zero-order chi connectivity index (χ0) is 16.8. The number of hydrogen-bond donors (Lipinski definition) is 2. The Labute approximate surface area is 131 Å². The first-order valence-electron chi connectivity index (χ1n) is 7.30. The highest BCUT2D eigenvalue weighted by Crippen LogP contribution is 1.97. The van der Waals surface area contributed by atoms with Crippen LogP contribution in [0, 0.1) is 0 Å². The summed E-state index contributed by atoms with van der Waals surface area (Å²) in [7, 11) is 1.52. The lowest BCUT2D eigenvalue weighted by Crippen LogP contribution is -2.24. The molecule has 7 heteroatoms. The first-order chi connectivity index (χ1) is 10.5. The third-order valence-corrected chi connectivity index (χ3v) is 2.56. The van der Waals surface area contributed by atoms with Gasteiger partial charge in [0.1, 0.15) is 18.8 Å². The van der Waals surface area contributed by atoms with Crippen LogP contribution in [-0.2, 0) is 23.7 Å². The van der Waals surface area contributed by atoms with Gasteiger partial charge in [-0.1, -0.05) is 6.58 Å². The van der Waals surface area contributed by atoms with Crippen molar-refractivity contribution in [1.82, 2.24) is 0 Å². The predicted octanol–water partition coefficient (Wildman–Crippen LogP) is 0.287. The summed E-state index contributed by atoms with van der Waals surface area (Å²) in [5, 5.41) is 18.9. The first-order valence-corrected chi connectivity index (χ1v) is 7.30. The Morgan fingerprint density at radius 3 is 1.95 bits per heavy atom. The molecule has 22 heavy (non-hydrogen) atoms. The van der Waals surface area contributed by atoms with Crippen LogP contribution < -0.4 is 0 Å². The maximum atomic E-state index is 11.1. The van der Waals surface area contributed by atoms with Crippen LogP contribution in [0.2, 0.25) is 0 Å². The van der Waals surface area contributed by atoms with Crippen molar-refractivity contribution >= 4 is 5.97 Å². The van der Waals surface area contributed by atoms with Crippen molar-refractivity contribution in [3.8, 4) is 0 Å². The van der Waals surface area contributed by atoms with E-state index in [4.69, 9.17) is 18.9 Å². The Morgan fingerprint density at radius 2 is 1.50 bits per heavy atom. The number of unbranched alkanes of at least 4 members (excludes halogenated alkanes) is 1. The summed E-state index contributed by atoms with van der Waals surface area (Å²) < 4.78 is 20.1. The highest BCUT2D eigenvalue weighted by atomic mass is 16.5. The summed E-state index contributed by atoms with van der Waals surface area (Å²) in [6.45, 7) is 6.51. The van der Waals surface area contributed by atoms with Gasteiger partial charge in [0.25, 0.3) is 0 Å². The lowest BCUT2D eigenvalue weighted by Gasteiger charge is -2.12. The fraction of sp³-hybridized carbons (Fsp3) is 0.800. The third kappa shape index (κ3) is 12.7. The molecule has 0 fully saturated rings. The van der Waals surface area contributed by atoms with Crippen LogP contribution in [0.4, 0.5) is 0 Å². The molecule has 0 spiro atoms. The van der Waals surface area contributed by atoms with Crippen molar-refractivity contribution in [2.45, 2.75) is 32.0 Å². The van der Waals surface area contributed by atoms with Crippen molar-refractivity contribution < 1.29 is 34.0 Å². The molecule has 0 rings (SSSR count). The maximum Gasteiger partial charge on any atom is 0.333 e. The van der Waals surface area contributed by atoms with Gasteiger partial charge in [0.2, 0.25) is 0 Å². The molecular formula is C15H28O7. The summed E-state index contributed by atoms with van der Waals surface area (Å²) >= 11 is 0. The van der Waals surface area contributed by atoms with E-state index in [1.807, 2.05) is 0 Å². The molecular weight excluding hydrogens is 292 g/mol. The molecule has 0 heterocycles. The van der Waals surface area contributed by atoms with Gasteiger partial charge in [-0.3, -0.25) is 0 Å². The summed E-state index contributed by atoms with van der Waals surface area (Å²) in [6, 6.07) is 0. The number of aliphatic hydroxyl groups is 2. The third-order valence-electron chi connectivity index (χ3n) is 2.56. The molecule has 0 aliphatic rings. The van der Waals surface area contributed by atoms with Crippen LogP contribution in [-0.4, -0.2) is 75.1 Å². The Morgan fingerprint density at radius 1 is 1.00 bits per heavy atom. The van der Waals surface area contributed by atoms with Gasteiger partial charge in [0.05, 0.1) is 19.8 Å². The SMILES string of the molecule is C=C(C)C(=O)OCC(O)COCCCCOCC(O)COC. The van der Waals surface area contributed by atoms with Gasteiger partial charge in [-0.05, 0) is 19.8 Å². The van der Waals surface area contributed by atoms with E-state index in [-0.39, 0.29) is 26.4 Å². The maximum absolute atomic E-state index is 11.1. The number of ether oxygens (including phenoxy) is 4. The Balaban J connectivity index is 3.35. The minimum atomic E-state index is -0.844. The summed E-state index contributed by atoms with van der Waals surface area (Å²) in [5.74, 6) is -0.521. The van der Waals surface area contributed by atoms with E-state index in [1.54, 1.807) is 6.92 Å². The van der Waals surface area contributed by atoms with Gasteiger partial charge in [0.15, 0.2) is 0 Å². The van der Waals surface area contributed by atoms with Crippen LogP contribution in [0.25, 0.3) is 0 Å². The van der Waals surface area contributed by atoms with E-state index < -0.39 is 18.2 Å². The van der Waals surface area contributed by atoms with Gasteiger partial charge in [-0.2, -0.15) is 0 Å². The number of hydrogen-bond acceptors (Lipinski definition) is 7. The van der Waals surface area contributed by atoms with Crippen LogP contribution in [0.3, 0.4) is 0 Å². The normalized spacial score (nSPS) is 13.6. The second-order valence-electron chi connectivity index (χ2n) is 5.00. The molecule has 0 aromatic carbocycles. The molecule has 130 valence electrons. The molecule has 2 atom stereocenters. The standard InChI is InChI=1S/C15H28O7/c1-12(2)15(18)22-11-14(17)10-21-7-5-4-6-20-9-13(16)8-19-3/h13-14,16-17H,1,4-11H2,2-3H3. The average molecular weight is 320 g/mol. The smallest absolute Gasteiger partial charge is 0.333 e. The fourth-order valence-electron chi connectivity index (χ4n) is 1.43. The second-order valence-corrected chi connectivity index (χ2v) is 5.00. The highest BCUT2D eigenvalue weighted by molar-refractivity contribution is 5.86. The van der Waals surface area contributed by atoms with Crippen LogP contribution in [0.5, 0.6) is 0 Å². The molecule has 0 aromatic heterocycles. The van der Waals surface area contributed by atoms with E-state index in [0.717, 1.165) is 12.8 Å². The number of esters is 1. The van der Waals surface area contributed by atoms with Crippen molar-refractivity contribution in [2.75, 3.05) is 46.8 Å². The van der Waals surface area contributed by atoms with E-state index in [1.165, 1.54) is 7.11 Å². The van der Waals surface area contributed by atoms with Crippen molar-refractivity contribution in [1.29, 1.82) is 0 Å². The van der Waals surface area contributed by atoms with Crippen LogP contribution >= 0.6 is 0 Å². The molecule has 0 amide bonds. The van der Waals surface area contributed by atoms with E-state index in [9.17, 15) is 15.0 Å². The Hall–Kier alpha value is -0.990. The lowest BCUT2D eigenvalue weighted by atomic mass is 10.3. The predicted molar refractivity (Wildman–Crippen MR) is 80.5 cm³/mol. The number of carbonyl (C=O) groups is 1. The van der Waals surface area contributed by atoms with Gasteiger partial charge in [-0.15, -0.1) is 0 Å². The molecule has 2 N–H and O–H groups in total. The molecule has 0 radical (unpaired) electrons. The quantitative estimate of drug-likeness (QED) is 0.270. The Kier molecular flexibility index (Phi) is 13.0. The monoisotopic (exact) mass is 320 g/mol. The van der Waals surface area contributed by atoms with Crippen molar-refractivity contribution in [2.24, 2.45) is 0 Å². The zero-order valence-corrected chi connectivity index (χ0v) is 13.5. The van der Waals surface area contributed by atoms with Gasteiger partial charge >= 0.3 is 5.97 Å². The molecule has 0 aliphatic heterocycles. The lowest BCUT2D eigenvalue weighted by molar-refractivity contribution is -0.143. The van der Waals surface area contributed by atoms with E-state index >= 15 is 0 Å². The molecule has 7 nitrogen and oxygen atoms in total. The summed E-state index contributed by atoms with van der Waals surface area (Å²) in [4.78, 5) is 11.1. The topological polar surface area (TPSA) is 94.5 Å². The summed E-state index contributed by atoms with van der Waals surface area (Å²) in [6.07, 6.45) is 0.126. The number of aliphatic hydroxyl groups excluding tert-OH is 2. The molecule has 0 aromatic rings. The van der Waals surface area contributed by atoms with Crippen LogP contribution in [0.1, 0.15) is 19.8 Å². The van der Waals surface area contributed by atoms with E-state index in [2.05, 4.69) is 6.58 Å². The average Bonchev–Trinajstić information content (AvgIpc) is 2.47. The van der Waals surface area contributed by atoms with Crippen molar-refractivity contribution in [3.63, 3.8) is 0 Å². The molecule has 0 bridgehead atoms. The molecule has 0 aliphatic carbocycles. The van der Waals surface area contributed by atoms with Gasteiger partial charge in [0, 0.05) is 25.9 Å². The van der Waals surface area contributed by atoms with E-state index in [0.29, 0.717) is 18.8 Å². The summed E-state index contributed by atoms with van der Waals surface area (Å²) in [5.41, 5.74) is 0.295. The van der Waals surface area contributed by atoms with Crippen molar-refractivity contribution in [3.05, 3.63) is 12.2 Å². The van der Waals surface area contributed by atoms with Gasteiger partial charge in [-0.25, -0.2) is 4.79 Å². The molecule has 2 unspecified atom stereocenters. The molecule has 0 saturated heterocycles. The first kappa shape index (κ1) is 21.0. The number of rotatable bonds is 14. The zero-order valence-electron chi connectivity index (χ0n) is 13.5. The second kappa shape index (κ2) is 13.7. The highest BCUT2D eigenvalue weighted by Gasteiger charge is 2.09. The largest absolute Gasteiger partial charge is 0.460 e. The minimum Gasteiger partial charge on any atom is -0.460 e. The minimum absolute atomic E-state index is 0.105. The van der Waals surface area contributed by atoms with Gasteiger partial charge < -0.3 is 29.2 Å². The number of methoxy groups -OCH3 is 1. The van der Waals surface area contributed by atoms with Crippen LogP contribution in [0.15, 0.2) is 12.2 Å². The fourth-order valence-corrected chi connectivity index (χ4v) is 1.43. The Bertz CT molecular complexity index is 306. The number of carbonyl (C=O) groups excluding carboxylic acids is 1.